The Labute approximate surface area is 149 Å². The van der Waals surface area contributed by atoms with Crippen molar-refractivity contribution < 1.29 is 4.79 Å². The molecule has 2 aromatic carbocycles. The first-order valence-electron chi connectivity index (χ1n) is 7.88. The van der Waals surface area contributed by atoms with Crippen LogP contribution in [0.4, 0.5) is 5.69 Å². The number of amides is 1. The minimum atomic E-state index is -0.191. The molecule has 1 amide bonds. The van der Waals surface area contributed by atoms with E-state index in [4.69, 9.17) is 0 Å². The lowest BCUT2D eigenvalue weighted by atomic mass is 10.1. The molecule has 0 unspecified atom stereocenters. The number of nitrogens with zero attached hydrogens (tertiary/aromatic N) is 3. The van der Waals surface area contributed by atoms with Crippen LogP contribution in [0.15, 0.2) is 54.6 Å². The molecule has 0 spiro atoms. The van der Waals surface area contributed by atoms with Gasteiger partial charge >= 0.3 is 0 Å². The molecule has 2 heterocycles. The van der Waals surface area contributed by atoms with Crippen molar-refractivity contribution in [1.82, 2.24) is 14.8 Å². The Kier molecular flexibility index (Phi) is 3.82. The van der Waals surface area contributed by atoms with E-state index in [-0.39, 0.29) is 5.91 Å². The quantitative estimate of drug-likeness (QED) is 0.602. The lowest BCUT2D eigenvalue weighted by molar-refractivity contribution is 0.101. The average molecular weight is 348 g/mol. The van der Waals surface area contributed by atoms with Gasteiger partial charge in [-0.3, -0.25) is 9.48 Å². The van der Waals surface area contributed by atoms with Gasteiger partial charge in [0.05, 0.1) is 20.9 Å². The van der Waals surface area contributed by atoms with E-state index in [1.54, 1.807) is 29.1 Å². The van der Waals surface area contributed by atoms with Crippen molar-refractivity contribution in [1.29, 1.82) is 0 Å². The zero-order chi connectivity index (χ0) is 17.4. The van der Waals surface area contributed by atoms with Gasteiger partial charge in [-0.15, -0.1) is 11.3 Å². The third-order valence-corrected chi connectivity index (χ3v) is 4.89. The van der Waals surface area contributed by atoms with Crippen molar-refractivity contribution in [3.05, 3.63) is 65.3 Å². The van der Waals surface area contributed by atoms with Crippen LogP contribution in [-0.2, 0) is 7.05 Å². The standard InChI is InChI=1S/C19H16N4OS/c1-12-20-16-10-14(8-9-18(16)25-12)21-19(24)17-11-15(22-23(17)2)13-6-4-3-5-7-13/h3-11H,1-2H3,(H,21,24). The van der Waals surface area contributed by atoms with Gasteiger partial charge in [0.25, 0.3) is 5.91 Å². The number of thiazole rings is 1. The van der Waals surface area contributed by atoms with Gasteiger partial charge in [0.2, 0.25) is 0 Å². The molecular weight excluding hydrogens is 332 g/mol. The van der Waals surface area contributed by atoms with E-state index in [2.05, 4.69) is 15.4 Å². The summed E-state index contributed by atoms with van der Waals surface area (Å²) in [5.74, 6) is -0.191. The van der Waals surface area contributed by atoms with E-state index in [0.717, 1.165) is 32.2 Å². The Morgan fingerprint density at radius 2 is 1.92 bits per heavy atom. The molecule has 0 atom stereocenters. The van der Waals surface area contributed by atoms with Gasteiger partial charge in [-0.2, -0.15) is 5.10 Å². The smallest absolute Gasteiger partial charge is 0.273 e. The molecule has 1 N–H and O–H groups in total. The summed E-state index contributed by atoms with van der Waals surface area (Å²) in [4.78, 5) is 17.1. The van der Waals surface area contributed by atoms with Gasteiger partial charge < -0.3 is 5.32 Å². The summed E-state index contributed by atoms with van der Waals surface area (Å²) in [5.41, 5.74) is 3.89. The van der Waals surface area contributed by atoms with Gasteiger partial charge in [0, 0.05) is 18.3 Å². The SMILES string of the molecule is Cc1nc2cc(NC(=O)c3cc(-c4ccccc4)nn3C)ccc2s1. The molecule has 0 aliphatic rings. The maximum Gasteiger partial charge on any atom is 0.273 e. The molecule has 0 saturated heterocycles. The highest BCUT2D eigenvalue weighted by molar-refractivity contribution is 7.18. The minimum absolute atomic E-state index is 0.191. The van der Waals surface area contributed by atoms with Crippen molar-refractivity contribution in [2.24, 2.45) is 7.05 Å². The van der Waals surface area contributed by atoms with Crippen LogP contribution >= 0.6 is 11.3 Å². The number of carbonyl (C=O) groups is 1. The van der Waals surface area contributed by atoms with E-state index >= 15 is 0 Å². The first-order valence-corrected chi connectivity index (χ1v) is 8.70. The number of benzene rings is 2. The van der Waals surface area contributed by atoms with Gasteiger partial charge in [0.15, 0.2) is 0 Å². The van der Waals surface area contributed by atoms with Crippen LogP contribution in [0.5, 0.6) is 0 Å². The van der Waals surface area contributed by atoms with Crippen molar-refractivity contribution in [3.8, 4) is 11.3 Å². The second-order valence-corrected chi connectivity index (χ2v) is 7.01. The molecule has 25 heavy (non-hydrogen) atoms. The number of fused-ring (bicyclic) bond motifs is 1. The third kappa shape index (κ3) is 3.04. The fourth-order valence-electron chi connectivity index (χ4n) is 2.75. The van der Waals surface area contributed by atoms with E-state index in [9.17, 15) is 4.79 Å². The fraction of sp³-hybridized carbons (Fsp3) is 0.105. The van der Waals surface area contributed by atoms with E-state index in [1.165, 1.54) is 0 Å². The van der Waals surface area contributed by atoms with Crippen LogP contribution in [0.25, 0.3) is 21.5 Å². The first-order chi connectivity index (χ1) is 12.1. The van der Waals surface area contributed by atoms with Gasteiger partial charge in [-0.05, 0) is 31.2 Å². The molecule has 0 aliphatic heterocycles. The predicted octanol–water partition coefficient (Wildman–Crippen LogP) is 4.26. The topological polar surface area (TPSA) is 59.8 Å². The third-order valence-electron chi connectivity index (χ3n) is 3.93. The molecule has 0 bridgehead atoms. The molecule has 124 valence electrons. The maximum atomic E-state index is 12.6. The normalized spacial score (nSPS) is 11.0. The van der Waals surface area contributed by atoms with Gasteiger partial charge in [-0.1, -0.05) is 30.3 Å². The number of carbonyl (C=O) groups excluding carboxylic acids is 1. The Hall–Kier alpha value is -2.99. The van der Waals surface area contributed by atoms with Crippen molar-refractivity contribution in [2.75, 3.05) is 5.32 Å². The molecule has 0 fully saturated rings. The summed E-state index contributed by atoms with van der Waals surface area (Å²) in [6.07, 6.45) is 0. The fourth-order valence-corrected chi connectivity index (χ4v) is 3.55. The Balaban J connectivity index is 1.61. The molecular formula is C19H16N4OS. The Bertz CT molecular complexity index is 1070. The summed E-state index contributed by atoms with van der Waals surface area (Å²) in [6.45, 7) is 1.98. The number of nitrogens with one attached hydrogen (secondary N) is 1. The summed E-state index contributed by atoms with van der Waals surface area (Å²) >= 11 is 1.64. The summed E-state index contributed by atoms with van der Waals surface area (Å²) < 4.78 is 2.71. The second kappa shape index (κ2) is 6.14. The van der Waals surface area contributed by atoms with E-state index in [0.29, 0.717) is 5.69 Å². The van der Waals surface area contributed by atoms with Crippen molar-refractivity contribution in [3.63, 3.8) is 0 Å². The number of aromatic nitrogens is 3. The minimum Gasteiger partial charge on any atom is -0.321 e. The van der Waals surface area contributed by atoms with Crippen LogP contribution in [-0.4, -0.2) is 20.7 Å². The molecule has 2 aromatic heterocycles. The summed E-state index contributed by atoms with van der Waals surface area (Å²) in [6, 6.07) is 17.4. The number of aryl methyl sites for hydroxylation is 2. The zero-order valence-electron chi connectivity index (χ0n) is 13.9. The average Bonchev–Trinajstić information content (AvgIpc) is 3.17. The predicted molar refractivity (Wildman–Crippen MR) is 101 cm³/mol. The molecule has 5 nitrogen and oxygen atoms in total. The maximum absolute atomic E-state index is 12.6. The monoisotopic (exact) mass is 348 g/mol. The van der Waals surface area contributed by atoms with Gasteiger partial charge in [-0.25, -0.2) is 4.98 Å². The number of hydrogen-bond donors (Lipinski definition) is 1. The zero-order valence-corrected chi connectivity index (χ0v) is 14.7. The highest BCUT2D eigenvalue weighted by atomic mass is 32.1. The van der Waals surface area contributed by atoms with Crippen LogP contribution in [0.3, 0.4) is 0 Å². The lowest BCUT2D eigenvalue weighted by Crippen LogP contribution is -2.15. The second-order valence-electron chi connectivity index (χ2n) is 5.77. The van der Waals surface area contributed by atoms with Gasteiger partial charge in [0.1, 0.15) is 5.69 Å². The summed E-state index contributed by atoms with van der Waals surface area (Å²) in [7, 11) is 1.77. The van der Waals surface area contributed by atoms with Crippen LogP contribution in [0.1, 0.15) is 15.5 Å². The molecule has 4 aromatic rings. The highest BCUT2D eigenvalue weighted by Crippen LogP contribution is 2.25. The van der Waals surface area contributed by atoms with E-state index in [1.807, 2.05) is 55.5 Å². The van der Waals surface area contributed by atoms with Crippen molar-refractivity contribution >= 4 is 33.1 Å². The molecule has 0 saturated carbocycles. The highest BCUT2D eigenvalue weighted by Gasteiger charge is 2.15. The van der Waals surface area contributed by atoms with Crippen molar-refractivity contribution in [2.45, 2.75) is 6.92 Å². The molecule has 4 rings (SSSR count). The molecule has 6 heteroatoms. The summed E-state index contributed by atoms with van der Waals surface area (Å²) in [5, 5.41) is 8.38. The largest absolute Gasteiger partial charge is 0.321 e. The Morgan fingerprint density at radius 3 is 2.72 bits per heavy atom. The molecule has 0 radical (unpaired) electrons. The van der Waals surface area contributed by atoms with E-state index < -0.39 is 0 Å². The lowest BCUT2D eigenvalue weighted by Gasteiger charge is -2.05. The van der Waals surface area contributed by atoms with Crippen LogP contribution in [0, 0.1) is 6.92 Å². The number of anilines is 1. The number of hydrogen-bond acceptors (Lipinski definition) is 4. The first kappa shape index (κ1) is 15.5. The molecule has 0 aliphatic carbocycles. The van der Waals surface area contributed by atoms with Crippen LogP contribution in [0.2, 0.25) is 0 Å². The van der Waals surface area contributed by atoms with Crippen LogP contribution < -0.4 is 5.32 Å². The Morgan fingerprint density at radius 1 is 1.12 bits per heavy atom. The number of rotatable bonds is 3.